The molecule has 0 aliphatic carbocycles. The van der Waals surface area contributed by atoms with Crippen molar-refractivity contribution in [1.29, 1.82) is 0 Å². The molecular formula is C21H25Cl2N3O2S. The number of halogens is 2. The fraction of sp³-hybridized carbons (Fsp3) is 0.333. The number of carbonyl (C=O) groups excluding carboxylic acids is 1. The Hall–Kier alpha value is -1.86. The van der Waals surface area contributed by atoms with Gasteiger partial charge in [0.2, 0.25) is 0 Å². The van der Waals surface area contributed by atoms with Crippen molar-refractivity contribution >= 4 is 56.6 Å². The highest BCUT2D eigenvalue weighted by Crippen LogP contribution is 2.34. The fourth-order valence-electron chi connectivity index (χ4n) is 3.05. The minimum atomic E-state index is -0.125. The fourth-order valence-corrected chi connectivity index (χ4v) is 4.34. The summed E-state index contributed by atoms with van der Waals surface area (Å²) in [6.45, 7) is 7.39. The van der Waals surface area contributed by atoms with Crippen molar-refractivity contribution in [2.45, 2.75) is 13.8 Å². The van der Waals surface area contributed by atoms with Crippen molar-refractivity contribution in [3.8, 4) is 5.75 Å². The molecule has 3 aromatic rings. The quantitative estimate of drug-likeness (QED) is 0.459. The Morgan fingerprint density at radius 1 is 1.10 bits per heavy atom. The maximum absolute atomic E-state index is 13.4. The second kappa shape index (κ2) is 10.8. The van der Waals surface area contributed by atoms with Gasteiger partial charge >= 0.3 is 0 Å². The van der Waals surface area contributed by atoms with Crippen molar-refractivity contribution in [2.75, 3.05) is 38.2 Å². The molecule has 0 fully saturated rings. The average molecular weight is 454 g/mol. The summed E-state index contributed by atoms with van der Waals surface area (Å²) in [5.41, 5.74) is 1.25. The van der Waals surface area contributed by atoms with Crippen LogP contribution < -0.4 is 9.64 Å². The molecule has 2 aromatic carbocycles. The molecule has 0 saturated carbocycles. The largest absolute Gasteiger partial charge is 0.496 e. The summed E-state index contributed by atoms with van der Waals surface area (Å²) in [5, 5.41) is 1.24. The van der Waals surface area contributed by atoms with E-state index >= 15 is 0 Å². The highest BCUT2D eigenvalue weighted by molar-refractivity contribution is 7.22. The SMILES string of the molecule is CCN(CC)CCN(C(=O)c1ccccc1OC)c1nc2c(Cl)cccc2s1.Cl. The van der Waals surface area contributed by atoms with Crippen LogP contribution >= 0.6 is 35.3 Å². The van der Waals surface area contributed by atoms with E-state index in [0.717, 1.165) is 29.9 Å². The van der Waals surface area contributed by atoms with E-state index in [4.69, 9.17) is 16.3 Å². The number of hydrogen-bond donors (Lipinski definition) is 0. The third-order valence-electron chi connectivity index (χ3n) is 4.71. The zero-order chi connectivity index (χ0) is 20.1. The molecule has 3 rings (SSSR count). The van der Waals surface area contributed by atoms with Crippen molar-refractivity contribution in [3.63, 3.8) is 0 Å². The van der Waals surface area contributed by atoms with Crippen LogP contribution in [0.5, 0.6) is 5.75 Å². The Bertz CT molecular complexity index is 960. The molecule has 0 aliphatic heterocycles. The highest BCUT2D eigenvalue weighted by Gasteiger charge is 2.24. The molecule has 29 heavy (non-hydrogen) atoms. The Labute approximate surface area is 186 Å². The molecule has 156 valence electrons. The summed E-state index contributed by atoms with van der Waals surface area (Å²) in [6.07, 6.45) is 0. The number of aromatic nitrogens is 1. The first-order chi connectivity index (χ1) is 13.6. The number of amides is 1. The highest BCUT2D eigenvalue weighted by atomic mass is 35.5. The molecule has 5 nitrogen and oxygen atoms in total. The Kier molecular flexibility index (Phi) is 8.71. The van der Waals surface area contributed by atoms with Gasteiger partial charge < -0.3 is 9.64 Å². The molecule has 1 amide bonds. The lowest BCUT2D eigenvalue weighted by molar-refractivity contribution is 0.0981. The maximum atomic E-state index is 13.4. The van der Waals surface area contributed by atoms with Crippen LogP contribution in [0, 0.1) is 0 Å². The standard InChI is InChI=1S/C21H24ClN3O2S.ClH/c1-4-24(5-2)13-14-25(20(26)15-9-6-7-11-17(15)27-3)21-23-19-16(22)10-8-12-18(19)28-21;/h6-12H,4-5,13-14H2,1-3H3;1H. The number of rotatable bonds is 8. The number of nitrogens with zero attached hydrogens (tertiary/aromatic N) is 3. The van der Waals surface area contributed by atoms with Gasteiger partial charge in [-0.15, -0.1) is 12.4 Å². The van der Waals surface area contributed by atoms with E-state index in [1.165, 1.54) is 11.3 Å². The van der Waals surface area contributed by atoms with E-state index < -0.39 is 0 Å². The zero-order valence-corrected chi connectivity index (χ0v) is 19.1. The summed E-state index contributed by atoms with van der Waals surface area (Å²) in [5.74, 6) is 0.430. The number of hydrogen-bond acceptors (Lipinski definition) is 5. The lowest BCUT2D eigenvalue weighted by Crippen LogP contribution is -2.39. The smallest absolute Gasteiger partial charge is 0.263 e. The van der Waals surface area contributed by atoms with E-state index in [9.17, 15) is 4.79 Å². The van der Waals surface area contributed by atoms with Gasteiger partial charge in [0, 0.05) is 13.1 Å². The van der Waals surface area contributed by atoms with Gasteiger partial charge in [-0.05, 0) is 37.4 Å². The first-order valence-corrected chi connectivity index (χ1v) is 10.5. The van der Waals surface area contributed by atoms with Gasteiger partial charge in [0.1, 0.15) is 11.3 Å². The van der Waals surface area contributed by atoms with Crippen LogP contribution in [0.15, 0.2) is 42.5 Å². The topological polar surface area (TPSA) is 45.7 Å². The van der Waals surface area contributed by atoms with Crippen LogP contribution in [0.2, 0.25) is 5.02 Å². The van der Waals surface area contributed by atoms with E-state index in [1.54, 1.807) is 24.1 Å². The van der Waals surface area contributed by atoms with Crippen molar-refractivity contribution in [3.05, 3.63) is 53.1 Å². The summed E-state index contributed by atoms with van der Waals surface area (Å²) in [4.78, 5) is 22.1. The number of ether oxygens (including phenoxy) is 1. The van der Waals surface area contributed by atoms with Crippen LogP contribution in [-0.4, -0.2) is 49.1 Å². The Morgan fingerprint density at radius 2 is 1.83 bits per heavy atom. The van der Waals surface area contributed by atoms with Gasteiger partial charge in [-0.2, -0.15) is 0 Å². The Balaban J connectivity index is 0.00000300. The number of thiazole rings is 1. The third kappa shape index (κ3) is 5.20. The molecule has 8 heteroatoms. The van der Waals surface area contributed by atoms with Crippen LogP contribution in [-0.2, 0) is 0 Å². The average Bonchev–Trinajstić information content (AvgIpc) is 3.16. The van der Waals surface area contributed by atoms with Crippen molar-refractivity contribution < 1.29 is 9.53 Å². The summed E-state index contributed by atoms with van der Waals surface area (Å²) in [6, 6.07) is 13.0. The van der Waals surface area contributed by atoms with Crippen LogP contribution in [0.4, 0.5) is 5.13 Å². The van der Waals surface area contributed by atoms with Gasteiger partial charge in [-0.3, -0.25) is 9.69 Å². The third-order valence-corrected chi connectivity index (χ3v) is 6.05. The lowest BCUT2D eigenvalue weighted by atomic mass is 10.1. The molecule has 1 aromatic heterocycles. The molecule has 1 heterocycles. The van der Waals surface area contributed by atoms with Crippen LogP contribution in [0.3, 0.4) is 0 Å². The number of fused-ring (bicyclic) bond motifs is 1. The molecule has 0 saturated heterocycles. The minimum absolute atomic E-state index is 0. The van der Waals surface area contributed by atoms with E-state index in [2.05, 4.69) is 23.7 Å². The normalized spacial score (nSPS) is 10.8. The number of anilines is 1. The summed E-state index contributed by atoms with van der Waals surface area (Å²) in [7, 11) is 1.57. The molecule has 0 unspecified atom stereocenters. The molecule has 0 radical (unpaired) electrons. The summed E-state index contributed by atoms with van der Waals surface area (Å²) >= 11 is 7.78. The van der Waals surface area contributed by atoms with Gasteiger partial charge in [0.15, 0.2) is 5.13 Å². The molecule has 0 spiro atoms. The number of methoxy groups -OCH3 is 1. The second-order valence-electron chi connectivity index (χ2n) is 6.27. The second-order valence-corrected chi connectivity index (χ2v) is 7.68. The van der Waals surface area contributed by atoms with Crippen molar-refractivity contribution in [2.24, 2.45) is 0 Å². The summed E-state index contributed by atoms with van der Waals surface area (Å²) < 4.78 is 6.36. The molecule has 0 N–H and O–H groups in total. The van der Waals surface area contributed by atoms with Crippen molar-refractivity contribution in [1.82, 2.24) is 9.88 Å². The number of carbonyl (C=O) groups is 1. The van der Waals surface area contributed by atoms with E-state index in [0.29, 0.717) is 28.0 Å². The molecular weight excluding hydrogens is 429 g/mol. The Morgan fingerprint density at radius 3 is 2.48 bits per heavy atom. The first kappa shape index (κ1) is 23.4. The van der Waals surface area contributed by atoms with E-state index in [1.807, 2.05) is 30.3 Å². The van der Waals surface area contributed by atoms with Crippen LogP contribution in [0.25, 0.3) is 10.2 Å². The maximum Gasteiger partial charge on any atom is 0.263 e. The monoisotopic (exact) mass is 453 g/mol. The van der Waals surface area contributed by atoms with Gasteiger partial charge in [-0.1, -0.05) is 55.0 Å². The predicted octanol–water partition coefficient (Wildman–Crippen LogP) is 5.37. The molecule has 0 bridgehead atoms. The zero-order valence-electron chi connectivity index (χ0n) is 16.7. The first-order valence-electron chi connectivity index (χ1n) is 9.31. The number of benzene rings is 2. The van der Waals surface area contributed by atoms with Crippen LogP contribution in [0.1, 0.15) is 24.2 Å². The minimum Gasteiger partial charge on any atom is -0.496 e. The molecule has 0 aliphatic rings. The number of likely N-dealkylation sites (N-methyl/N-ethyl adjacent to an activating group) is 1. The molecule has 0 atom stereocenters. The van der Waals surface area contributed by atoms with Gasteiger partial charge in [0.25, 0.3) is 5.91 Å². The van der Waals surface area contributed by atoms with Gasteiger partial charge in [0.05, 0.1) is 22.4 Å². The van der Waals surface area contributed by atoms with Gasteiger partial charge in [-0.25, -0.2) is 4.98 Å². The lowest BCUT2D eigenvalue weighted by Gasteiger charge is -2.25. The van der Waals surface area contributed by atoms with E-state index in [-0.39, 0.29) is 18.3 Å². The predicted molar refractivity (Wildman–Crippen MR) is 124 cm³/mol. The number of para-hydroxylation sites is 2.